The van der Waals surface area contributed by atoms with Gasteiger partial charge in [-0.3, -0.25) is 4.79 Å². The molecule has 0 radical (unpaired) electrons. The highest BCUT2D eigenvalue weighted by Gasteiger charge is 2.18. The van der Waals surface area contributed by atoms with Crippen LogP contribution in [0.2, 0.25) is 0 Å². The lowest BCUT2D eigenvalue weighted by Gasteiger charge is -2.19. The molecule has 0 saturated heterocycles. The molecule has 4 nitrogen and oxygen atoms in total. The van der Waals surface area contributed by atoms with Crippen LogP contribution in [0.15, 0.2) is 36.5 Å². The Morgan fingerprint density at radius 3 is 0.763 bits per heavy atom. The van der Waals surface area contributed by atoms with Crippen LogP contribution in [0.5, 0.6) is 0 Å². The Hall–Kier alpha value is -1.39. The number of carbonyl (C=O) groups excluding carboxylic acids is 1. The zero-order chi connectivity index (χ0) is 54.8. The number of aliphatic hydroxyl groups is 2. The largest absolute Gasteiger partial charge is 0.394 e. The Kier molecular flexibility index (Phi) is 66.6. The van der Waals surface area contributed by atoms with Crippen LogP contribution in [0.3, 0.4) is 0 Å². The minimum Gasteiger partial charge on any atom is -0.394 e. The fraction of sp³-hybridized carbons (Fsp3) is 0.903. The van der Waals surface area contributed by atoms with Crippen LogP contribution in [0, 0.1) is 0 Å². The summed E-state index contributed by atoms with van der Waals surface area (Å²) in [5.74, 6) is -0.0694. The van der Waals surface area contributed by atoms with Crippen molar-refractivity contribution >= 4 is 5.91 Å². The molecule has 450 valence electrons. The molecule has 0 aromatic carbocycles. The van der Waals surface area contributed by atoms with Gasteiger partial charge in [-0.2, -0.15) is 0 Å². The Morgan fingerprint density at radius 2 is 0.513 bits per heavy atom. The molecule has 2 atom stereocenters. The molecule has 3 N–H and O–H groups in total. The SMILES string of the molecule is CCCCCCCCCCCCCCCCCCCCC/C=C/CC/C=C/CC/C=C/C(O)C(CO)NC(=O)CCCCCCCCCCCCCCCCCCCCCCCCCCCCCCCCCCCCC. The van der Waals surface area contributed by atoms with Crippen LogP contribution in [-0.2, 0) is 4.79 Å². The normalized spacial score (nSPS) is 12.8. The van der Waals surface area contributed by atoms with Gasteiger partial charge < -0.3 is 15.5 Å². The Balaban J connectivity index is 3.45. The van der Waals surface area contributed by atoms with Gasteiger partial charge in [0.15, 0.2) is 0 Å². The third-order valence-corrected chi connectivity index (χ3v) is 16.6. The van der Waals surface area contributed by atoms with Gasteiger partial charge in [0.05, 0.1) is 18.8 Å². The molecule has 0 bridgehead atoms. The lowest BCUT2D eigenvalue weighted by molar-refractivity contribution is -0.123. The fourth-order valence-corrected chi connectivity index (χ4v) is 11.3. The summed E-state index contributed by atoms with van der Waals surface area (Å²) in [5, 5.41) is 23.3. The Labute approximate surface area is 478 Å². The van der Waals surface area contributed by atoms with Crippen LogP contribution in [0.25, 0.3) is 0 Å². The van der Waals surface area contributed by atoms with E-state index in [9.17, 15) is 15.0 Å². The second-order valence-corrected chi connectivity index (χ2v) is 24.3. The summed E-state index contributed by atoms with van der Waals surface area (Å²) in [5.41, 5.74) is 0. The number of rotatable bonds is 66. The number of allylic oxidation sites excluding steroid dienone is 5. The van der Waals surface area contributed by atoms with Gasteiger partial charge in [0.2, 0.25) is 5.91 Å². The van der Waals surface area contributed by atoms with Crippen LogP contribution < -0.4 is 5.32 Å². The van der Waals surface area contributed by atoms with E-state index in [2.05, 4.69) is 43.5 Å². The molecule has 1 amide bonds. The lowest BCUT2D eigenvalue weighted by Crippen LogP contribution is -2.45. The quantitative estimate of drug-likeness (QED) is 0.0420. The van der Waals surface area contributed by atoms with Gasteiger partial charge in [-0.25, -0.2) is 0 Å². The van der Waals surface area contributed by atoms with E-state index in [0.717, 1.165) is 38.5 Å². The summed E-state index contributed by atoms with van der Waals surface area (Å²) in [4.78, 5) is 12.5. The second kappa shape index (κ2) is 67.9. The van der Waals surface area contributed by atoms with Crippen molar-refractivity contribution in [1.29, 1.82) is 0 Å². The van der Waals surface area contributed by atoms with Gasteiger partial charge in [-0.15, -0.1) is 0 Å². The van der Waals surface area contributed by atoms with Gasteiger partial charge in [-0.05, 0) is 44.9 Å². The highest BCUT2D eigenvalue weighted by molar-refractivity contribution is 5.76. The number of hydrogen-bond donors (Lipinski definition) is 3. The molecule has 76 heavy (non-hydrogen) atoms. The van der Waals surface area contributed by atoms with Crippen molar-refractivity contribution in [2.24, 2.45) is 0 Å². The van der Waals surface area contributed by atoms with Crippen molar-refractivity contribution in [2.45, 2.75) is 411 Å². The van der Waals surface area contributed by atoms with E-state index in [1.165, 1.54) is 340 Å². The van der Waals surface area contributed by atoms with Crippen molar-refractivity contribution in [3.63, 3.8) is 0 Å². The zero-order valence-electron chi connectivity index (χ0n) is 52.1. The third kappa shape index (κ3) is 63.4. The van der Waals surface area contributed by atoms with Crippen molar-refractivity contribution in [2.75, 3.05) is 6.61 Å². The molecule has 0 aromatic heterocycles. The first kappa shape index (κ1) is 74.6. The van der Waals surface area contributed by atoms with E-state index in [0.29, 0.717) is 6.42 Å². The summed E-state index contributed by atoms with van der Waals surface area (Å²) >= 11 is 0. The van der Waals surface area contributed by atoms with E-state index in [-0.39, 0.29) is 12.5 Å². The molecule has 0 heterocycles. The van der Waals surface area contributed by atoms with Crippen molar-refractivity contribution in [1.82, 2.24) is 5.32 Å². The molecule has 0 aliphatic heterocycles. The lowest BCUT2D eigenvalue weighted by atomic mass is 10.0. The number of nitrogens with one attached hydrogen (secondary N) is 1. The molecule has 0 spiro atoms. The van der Waals surface area contributed by atoms with Crippen LogP contribution in [0.1, 0.15) is 399 Å². The zero-order valence-corrected chi connectivity index (χ0v) is 52.1. The number of amides is 1. The number of aliphatic hydroxyl groups excluding tert-OH is 2. The maximum absolute atomic E-state index is 12.5. The van der Waals surface area contributed by atoms with E-state index in [1.807, 2.05) is 6.08 Å². The first-order chi connectivity index (χ1) is 37.7. The highest BCUT2D eigenvalue weighted by Crippen LogP contribution is 2.19. The maximum Gasteiger partial charge on any atom is 0.220 e. The average Bonchev–Trinajstić information content (AvgIpc) is 3.42. The van der Waals surface area contributed by atoms with Crippen LogP contribution >= 0.6 is 0 Å². The van der Waals surface area contributed by atoms with Crippen molar-refractivity contribution in [3.8, 4) is 0 Å². The predicted octanol–water partition coefficient (Wildman–Crippen LogP) is 23.9. The summed E-state index contributed by atoms with van der Waals surface area (Å²) in [6.45, 7) is 4.35. The topological polar surface area (TPSA) is 69.6 Å². The average molecular weight is 1070 g/mol. The first-order valence-electron chi connectivity index (χ1n) is 35.2. The number of unbranched alkanes of at least 4 members (excludes halogenated alkanes) is 55. The minimum absolute atomic E-state index is 0.0694. The molecule has 0 aliphatic rings. The Morgan fingerprint density at radius 1 is 0.303 bits per heavy atom. The molecular formula is C72H139NO3. The third-order valence-electron chi connectivity index (χ3n) is 16.6. The summed E-state index contributed by atoms with van der Waals surface area (Å²) in [7, 11) is 0. The van der Waals surface area contributed by atoms with E-state index < -0.39 is 12.1 Å². The molecule has 0 rings (SSSR count). The second-order valence-electron chi connectivity index (χ2n) is 24.3. The molecule has 0 aromatic rings. The molecule has 0 aliphatic carbocycles. The van der Waals surface area contributed by atoms with E-state index in [4.69, 9.17) is 0 Å². The summed E-state index contributed by atoms with van der Waals surface area (Å²) in [6.07, 6.45) is 93.9. The predicted molar refractivity (Wildman–Crippen MR) is 341 cm³/mol. The summed E-state index contributed by atoms with van der Waals surface area (Å²) in [6, 6.07) is -0.645. The van der Waals surface area contributed by atoms with Gasteiger partial charge in [0.1, 0.15) is 0 Å². The van der Waals surface area contributed by atoms with Gasteiger partial charge >= 0.3 is 0 Å². The monoisotopic (exact) mass is 1070 g/mol. The van der Waals surface area contributed by atoms with Gasteiger partial charge in [0.25, 0.3) is 0 Å². The molecule has 0 fully saturated rings. The van der Waals surface area contributed by atoms with Crippen molar-refractivity contribution < 1.29 is 15.0 Å². The highest BCUT2D eigenvalue weighted by atomic mass is 16.3. The molecule has 4 heteroatoms. The maximum atomic E-state index is 12.5. The van der Waals surface area contributed by atoms with E-state index in [1.54, 1.807) is 6.08 Å². The fourth-order valence-electron chi connectivity index (χ4n) is 11.3. The number of carbonyl (C=O) groups is 1. The smallest absolute Gasteiger partial charge is 0.220 e. The molecule has 0 saturated carbocycles. The standard InChI is InChI=1S/C72H139NO3/c1-3-5-7-9-11-13-15-17-19-21-23-25-27-29-31-33-34-35-36-37-38-40-42-44-46-48-50-52-54-56-58-60-62-64-66-68-72(76)73-70(69-74)71(75)67-65-63-61-59-57-55-53-51-49-47-45-43-41-39-32-30-28-26-24-22-20-18-16-14-12-10-8-6-4-2/h49,51,57,59,65,67,70-71,74-75H,3-48,50,52-56,58,60-64,66,68-69H2,1-2H3,(H,73,76)/b51-49+,59-57+,67-65+. The molecular weight excluding hydrogens is 927 g/mol. The molecule has 2 unspecified atom stereocenters. The van der Waals surface area contributed by atoms with Crippen molar-refractivity contribution in [3.05, 3.63) is 36.5 Å². The van der Waals surface area contributed by atoms with Crippen LogP contribution in [0.4, 0.5) is 0 Å². The minimum atomic E-state index is -0.870. The number of hydrogen-bond acceptors (Lipinski definition) is 3. The summed E-state index contributed by atoms with van der Waals surface area (Å²) < 4.78 is 0. The first-order valence-corrected chi connectivity index (χ1v) is 35.2. The van der Waals surface area contributed by atoms with Gasteiger partial charge in [0, 0.05) is 6.42 Å². The van der Waals surface area contributed by atoms with Crippen LogP contribution in [-0.4, -0.2) is 34.9 Å². The Bertz CT molecular complexity index is 1160. The van der Waals surface area contributed by atoms with E-state index >= 15 is 0 Å². The van der Waals surface area contributed by atoms with Gasteiger partial charge in [-0.1, -0.05) is 384 Å².